The van der Waals surface area contributed by atoms with Crippen LogP contribution in [0.15, 0.2) is 18.2 Å². The Balaban J connectivity index is 1.81. The molecule has 2 rings (SSSR count). The molecule has 1 amide bonds. The minimum absolute atomic E-state index is 0.151. The zero-order chi connectivity index (χ0) is 21.6. The summed E-state index contributed by atoms with van der Waals surface area (Å²) in [6.07, 6.45) is 0.414. The van der Waals surface area contributed by atoms with Gasteiger partial charge in [-0.05, 0) is 45.7 Å². The number of anilines is 1. The Morgan fingerprint density at radius 3 is 2.59 bits per heavy atom. The van der Waals surface area contributed by atoms with Gasteiger partial charge in [-0.25, -0.2) is 4.79 Å². The molecule has 0 saturated heterocycles. The summed E-state index contributed by atoms with van der Waals surface area (Å²) in [5, 5.41) is 3.28. The summed E-state index contributed by atoms with van der Waals surface area (Å²) in [7, 11) is 1.67. The molecule has 0 bridgehead atoms. The van der Waals surface area contributed by atoms with Crippen molar-refractivity contribution in [2.24, 2.45) is 5.41 Å². The summed E-state index contributed by atoms with van der Waals surface area (Å²) in [5.41, 5.74) is 1.33. The molecule has 1 aromatic rings. The molecule has 1 aliphatic heterocycles. The van der Waals surface area contributed by atoms with Crippen LogP contribution in [0, 0.1) is 5.41 Å². The number of nitrogens with one attached hydrogen (secondary N) is 1. The molecule has 1 heterocycles. The van der Waals surface area contributed by atoms with Gasteiger partial charge in [-0.1, -0.05) is 6.07 Å². The van der Waals surface area contributed by atoms with Crippen molar-refractivity contribution in [2.45, 2.75) is 46.5 Å². The maximum absolute atomic E-state index is 11.9. The maximum atomic E-state index is 11.9. The van der Waals surface area contributed by atoms with Gasteiger partial charge in [0.05, 0.1) is 5.41 Å². The van der Waals surface area contributed by atoms with Crippen LogP contribution in [0.2, 0.25) is 0 Å². The van der Waals surface area contributed by atoms with E-state index in [0.29, 0.717) is 25.3 Å². The van der Waals surface area contributed by atoms with E-state index in [-0.39, 0.29) is 19.1 Å². The number of rotatable bonds is 7. The monoisotopic (exact) mass is 406 g/mol. The number of amides is 1. The van der Waals surface area contributed by atoms with E-state index in [1.807, 2.05) is 13.0 Å². The Bertz CT molecular complexity index is 756. The second kappa shape index (κ2) is 9.62. The average molecular weight is 406 g/mol. The Labute approximate surface area is 171 Å². The van der Waals surface area contributed by atoms with Crippen molar-refractivity contribution < 1.29 is 28.6 Å². The Morgan fingerprint density at radius 2 is 1.93 bits per heavy atom. The van der Waals surface area contributed by atoms with E-state index in [9.17, 15) is 14.4 Å². The molecule has 0 aliphatic carbocycles. The van der Waals surface area contributed by atoms with Gasteiger partial charge in [-0.15, -0.1) is 0 Å². The van der Waals surface area contributed by atoms with Crippen LogP contribution in [-0.2, 0) is 19.1 Å². The molecule has 0 aromatic heterocycles. The first kappa shape index (κ1) is 22.5. The van der Waals surface area contributed by atoms with Crippen LogP contribution in [0.4, 0.5) is 10.5 Å². The zero-order valence-electron chi connectivity index (χ0n) is 17.7. The number of hydrogen-bond donors (Lipinski definition) is 1. The molecule has 0 saturated carbocycles. The lowest BCUT2D eigenvalue weighted by Crippen LogP contribution is -2.29. The highest BCUT2D eigenvalue weighted by Crippen LogP contribution is 2.36. The highest BCUT2D eigenvalue weighted by Gasteiger charge is 2.25. The predicted octanol–water partition coefficient (Wildman–Crippen LogP) is 3.52. The van der Waals surface area contributed by atoms with E-state index in [0.717, 1.165) is 11.3 Å². The van der Waals surface area contributed by atoms with Crippen molar-refractivity contribution >= 4 is 23.7 Å². The quantitative estimate of drug-likeness (QED) is 0.547. The van der Waals surface area contributed by atoms with Gasteiger partial charge in [-0.3, -0.25) is 9.59 Å². The molecule has 8 nitrogen and oxygen atoms in total. The van der Waals surface area contributed by atoms with Crippen LogP contribution < -0.4 is 10.1 Å². The number of esters is 2. The standard InChI is InChI=1S/C21H30N2O6/c1-6-23(5)20(26)29-15-8-9-16-14(12-22-17(16)11-15)7-10-18(24)27-13-28-19(25)21(2,3)4/h8-9,11,14,22H,6-7,10,12-13H2,1-5H3. The van der Waals surface area contributed by atoms with Gasteiger partial charge in [0.25, 0.3) is 0 Å². The fourth-order valence-electron chi connectivity index (χ4n) is 2.75. The smallest absolute Gasteiger partial charge is 0.414 e. The van der Waals surface area contributed by atoms with E-state index >= 15 is 0 Å². The van der Waals surface area contributed by atoms with Crippen LogP contribution in [-0.4, -0.2) is 49.9 Å². The van der Waals surface area contributed by atoms with Crippen molar-refractivity contribution in [3.63, 3.8) is 0 Å². The van der Waals surface area contributed by atoms with E-state index < -0.39 is 23.4 Å². The lowest BCUT2D eigenvalue weighted by molar-refractivity contribution is -0.173. The van der Waals surface area contributed by atoms with Crippen molar-refractivity contribution in [1.29, 1.82) is 0 Å². The van der Waals surface area contributed by atoms with Gasteiger partial charge in [0, 0.05) is 44.2 Å². The first-order valence-corrected chi connectivity index (χ1v) is 9.75. The number of fused-ring (bicyclic) bond motifs is 1. The third kappa shape index (κ3) is 6.37. The van der Waals surface area contributed by atoms with Crippen molar-refractivity contribution in [2.75, 3.05) is 32.2 Å². The Hall–Kier alpha value is -2.77. The van der Waals surface area contributed by atoms with E-state index in [4.69, 9.17) is 14.2 Å². The largest absolute Gasteiger partial charge is 0.428 e. The minimum Gasteiger partial charge on any atom is -0.428 e. The summed E-state index contributed by atoms with van der Waals surface area (Å²) in [6.45, 7) is 7.96. The molecule has 29 heavy (non-hydrogen) atoms. The third-order valence-corrected chi connectivity index (χ3v) is 4.71. The second-order valence-electron chi connectivity index (χ2n) is 8.06. The first-order valence-electron chi connectivity index (χ1n) is 9.75. The van der Waals surface area contributed by atoms with Gasteiger partial charge in [0.2, 0.25) is 6.79 Å². The summed E-state index contributed by atoms with van der Waals surface area (Å²) in [4.78, 5) is 36.9. The van der Waals surface area contributed by atoms with Crippen LogP contribution in [0.25, 0.3) is 0 Å². The van der Waals surface area contributed by atoms with E-state index in [1.54, 1.807) is 40.0 Å². The topological polar surface area (TPSA) is 94.2 Å². The third-order valence-electron chi connectivity index (χ3n) is 4.71. The van der Waals surface area contributed by atoms with Crippen molar-refractivity contribution in [3.8, 4) is 5.75 Å². The predicted molar refractivity (Wildman–Crippen MR) is 108 cm³/mol. The van der Waals surface area contributed by atoms with Gasteiger partial charge >= 0.3 is 18.0 Å². The molecule has 1 unspecified atom stereocenters. The molecule has 0 radical (unpaired) electrons. The van der Waals surface area contributed by atoms with Gasteiger partial charge in [0.1, 0.15) is 5.75 Å². The minimum atomic E-state index is -0.634. The van der Waals surface area contributed by atoms with E-state index in [1.165, 1.54) is 4.90 Å². The number of nitrogens with zero attached hydrogens (tertiary/aromatic N) is 1. The summed E-state index contributed by atoms with van der Waals surface area (Å²) < 4.78 is 15.3. The summed E-state index contributed by atoms with van der Waals surface area (Å²) in [5.74, 6) is -0.200. The highest BCUT2D eigenvalue weighted by molar-refractivity contribution is 5.75. The number of ether oxygens (including phenoxy) is 3. The number of benzene rings is 1. The molecule has 1 aliphatic rings. The molecule has 8 heteroatoms. The van der Waals surface area contributed by atoms with Crippen molar-refractivity contribution in [1.82, 2.24) is 4.90 Å². The van der Waals surface area contributed by atoms with Gasteiger partial charge < -0.3 is 24.4 Å². The Morgan fingerprint density at radius 1 is 1.21 bits per heavy atom. The number of carbonyl (C=O) groups is 3. The molecule has 1 aromatic carbocycles. The summed E-state index contributed by atoms with van der Waals surface area (Å²) in [6, 6.07) is 5.45. The lowest BCUT2D eigenvalue weighted by Gasteiger charge is -2.16. The maximum Gasteiger partial charge on any atom is 0.414 e. The number of carbonyl (C=O) groups excluding carboxylic acids is 3. The molecule has 1 atom stereocenters. The Kier molecular flexibility index (Phi) is 7.47. The molecule has 1 N–H and O–H groups in total. The SMILES string of the molecule is CCN(C)C(=O)Oc1ccc2c(c1)NCC2CCC(=O)OCOC(=O)C(C)(C)C. The van der Waals surface area contributed by atoms with Gasteiger partial charge in [-0.2, -0.15) is 0 Å². The average Bonchev–Trinajstić information content (AvgIpc) is 3.07. The fraction of sp³-hybridized carbons (Fsp3) is 0.571. The molecular weight excluding hydrogens is 376 g/mol. The van der Waals surface area contributed by atoms with Crippen LogP contribution in [0.3, 0.4) is 0 Å². The molecular formula is C21H30N2O6. The molecule has 0 fully saturated rings. The second-order valence-corrected chi connectivity index (χ2v) is 8.06. The van der Waals surface area contributed by atoms with Crippen LogP contribution in [0.1, 0.15) is 52.0 Å². The molecule has 0 spiro atoms. The summed E-state index contributed by atoms with van der Waals surface area (Å²) >= 11 is 0. The lowest BCUT2D eigenvalue weighted by atomic mass is 9.96. The molecule has 160 valence electrons. The van der Waals surface area contributed by atoms with E-state index in [2.05, 4.69) is 5.32 Å². The first-order chi connectivity index (χ1) is 13.6. The van der Waals surface area contributed by atoms with Crippen LogP contribution >= 0.6 is 0 Å². The fourth-order valence-corrected chi connectivity index (χ4v) is 2.75. The van der Waals surface area contributed by atoms with Gasteiger partial charge in [0.15, 0.2) is 0 Å². The number of hydrogen-bond acceptors (Lipinski definition) is 7. The normalized spacial score (nSPS) is 15.1. The highest BCUT2D eigenvalue weighted by atomic mass is 16.7. The van der Waals surface area contributed by atoms with Crippen molar-refractivity contribution in [3.05, 3.63) is 23.8 Å². The zero-order valence-corrected chi connectivity index (χ0v) is 17.7. The van der Waals surface area contributed by atoms with Crippen LogP contribution in [0.5, 0.6) is 5.75 Å².